The van der Waals surface area contributed by atoms with E-state index < -0.39 is 0 Å². The van der Waals surface area contributed by atoms with Crippen molar-refractivity contribution < 1.29 is 14.2 Å². The molecule has 0 fully saturated rings. The van der Waals surface area contributed by atoms with E-state index >= 15 is 0 Å². The van der Waals surface area contributed by atoms with E-state index in [0.29, 0.717) is 6.61 Å². The fourth-order valence-electron chi connectivity index (χ4n) is 2.08. The zero-order chi connectivity index (χ0) is 14.9. The van der Waals surface area contributed by atoms with Gasteiger partial charge in [-0.1, -0.05) is 24.3 Å². The molecule has 21 heavy (non-hydrogen) atoms. The maximum Gasteiger partial charge on any atom is 0.118 e. The van der Waals surface area contributed by atoms with Crippen LogP contribution in [0.15, 0.2) is 48.5 Å². The fraction of sp³-hybridized carbons (Fsp3) is 0.333. The number of ether oxygens (including phenoxy) is 3. The van der Waals surface area contributed by atoms with Crippen molar-refractivity contribution in [2.24, 2.45) is 0 Å². The maximum atomic E-state index is 5.69. The van der Waals surface area contributed by atoms with Crippen molar-refractivity contribution in [2.75, 3.05) is 20.8 Å². The number of aryl methyl sites for hydroxylation is 1. The molecule has 0 aliphatic rings. The maximum absolute atomic E-state index is 5.69. The zero-order valence-electron chi connectivity index (χ0n) is 12.7. The van der Waals surface area contributed by atoms with E-state index in [1.807, 2.05) is 36.4 Å². The van der Waals surface area contributed by atoms with E-state index in [1.54, 1.807) is 14.2 Å². The van der Waals surface area contributed by atoms with Gasteiger partial charge in [-0.2, -0.15) is 0 Å². The Bertz CT molecular complexity index is 468. The van der Waals surface area contributed by atoms with Crippen LogP contribution >= 0.6 is 0 Å². The summed E-state index contributed by atoms with van der Waals surface area (Å²) in [5.74, 6) is 1.77. The molecule has 3 heteroatoms. The predicted octanol–water partition coefficient (Wildman–Crippen LogP) is 3.85. The summed E-state index contributed by atoms with van der Waals surface area (Å²) in [7, 11) is 3.35. The standard InChI is InChI=1S/C18H22O3/c1-19-17-9-5-15(6-10-17)4-3-13-21-14-16-7-11-18(20-2)12-8-16/h5-12H,3-4,13-14H2,1-2H3. The third-order valence-electron chi connectivity index (χ3n) is 3.34. The number of benzene rings is 2. The first-order valence-corrected chi connectivity index (χ1v) is 7.15. The van der Waals surface area contributed by atoms with Crippen LogP contribution in [0.25, 0.3) is 0 Å². The van der Waals surface area contributed by atoms with Gasteiger partial charge in [0.05, 0.1) is 20.8 Å². The predicted molar refractivity (Wildman–Crippen MR) is 84.0 cm³/mol. The van der Waals surface area contributed by atoms with Gasteiger partial charge in [-0.3, -0.25) is 0 Å². The van der Waals surface area contributed by atoms with Gasteiger partial charge < -0.3 is 14.2 Å². The average molecular weight is 286 g/mol. The van der Waals surface area contributed by atoms with Gasteiger partial charge in [-0.05, 0) is 48.2 Å². The van der Waals surface area contributed by atoms with Crippen LogP contribution in [0, 0.1) is 0 Å². The summed E-state index contributed by atoms with van der Waals surface area (Å²) in [6.07, 6.45) is 2.04. The van der Waals surface area contributed by atoms with Gasteiger partial charge in [-0.15, -0.1) is 0 Å². The molecule has 0 unspecified atom stereocenters. The molecule has 0 spiro atoms. The zero-order valence-corrected chi connectivity index (χ0v) is 12.7. The van der Waals surface area contributed by atoms with Crippen LogP contribution in [0.3, 0.4) is 0 Å². The molecule has 112 valence electrons. The lowest BCUT2D eigenvalue weighted by molar-refractivity contribution is 0.118. The van der Waals surface area contributed by atoms with Crippen LogP contribution in [-0.4, -0.2) is 20.8 Å². The minimum Gasteiger partial charge on any atom is -0.497 e. The topological polar surface area (TPSA) is 27.7 Å². The second-order valence-corrected chi connectivity index (χ2v) is 4.85. The van der Waals surface area contributed by atoms with E-state index in [0.717, 1.165) is 30.9 Å². The largest absolute Gasteiger partial charge is 0.497 e. The van der Waals surface area contributed by atoms with Gasteiger partial charge in [-0.25, -0.2) is 0 Å². The number of hydrogen-bond donors (Lipinski definition) is 0. The number of rotatable bonds is 8. The van der Waals surface area contributed by atoms with Crippen LogP contribution in [0.5, 0.6) is 11.5 Å². The van der Waals surface area contributed by atoms with E-state index in [9.17, 15) is 0 Å². The van der Waals surface area contributed by atoms with Crippen LogP contribution in [0.2, 0.25) is 0 Å². The highest BCUT2D eigenvalue weighted by molar-refractivity contribution is 5.27. The van der Waals surface area contributed by atoms with Crippen molar-refractivity contribution in [2.45, 2.75) is 19.4 Å². The summed E-state index contributed by atoms with van der Waals surface area (Å²) in [5, 5.41) is 0. The molecule has 0 amide bonds. The molecule has 0 bridgehead atoms. The summed E-state index contributed by atoms with van der Waals surface area (Å²) in [6.45, 7) is 1.41. The molecule has 2 rings (SSSR count). The Morgan fingerprint density at radius 1 is 0.714 bits per heavy atom. The summed E-state index contributed by atoms with van der Waals surface area (Å²) in [6, 6.07) is 16.2. The van der Waals surface area contributed by atoms with Crippen LogP contribution < -0.4 is 9.47 Å². The first-order chi connectivity index (χ1) is 10.3. The number of methoxy groups -OCH3 is 2. The summed E-state index contributed by atoms with van der Waals surface area (Å²) in [4.78, 5) is 0. The van der Waals surface area contributed by atoms with Crippen molar-refractivity contribution in [3.05, 3.63) is 59.7 Å². The molecule has 0 radical (unpaired) electrons. The number of hydrogen-bond acceptors (Lipinski definition) is 3. The quantitative estimate of drug-likeness (QED) is 0.690. The second-order valence-electron chi connectivity index (χ2n) is 4.85. The van der Waals surface area contributed by atoms with Gasteiger partial charge in [0.15, 0.2) is 0 Å². The van der Waals surface area contributed by atoms with Crippen molar-refractivity contribution in [3.63, 3.8) is 0 Å². The van der Waals surface area contributed by atoms with Crippen LogP contribution in [-0.2, 0) is 17.8 Å². The molecule has 0 N–H and O–H groups in total. The van der Waals surface area contributed by atoms with Crippen molar-refractivity contribution >= 4 is 0 Å². The minimum absolute atomic E-state index is 0.645. The molecule has 2 aromatic carbocycles. The Labute approximate surface area is 126 Å². The van der Waals surface area contributed by atoms with Crippen molar-refractivity contribution in [3.8, 4) is 11.5 Å². The lowest BCUT2D eigenvalue weighted by Crippen LogP contribution is -1.97. The summed E-state index contributed by atoms with van der Waals surface area (Å²) in [5.41, 5.74) is 2.48. The molecule has 0 atom stereocenters. The molecule has 0 saturated carbocycles. The van der Waals surface area contributed by atoms with Crippen LogP contribution in [0.1, 0.15) is 17.5 Å². The van der Waals surface area contributed by atoms with Gasteiger partial charge in [0, 0.05) is 6.61 Å². The minimum atomic E-state index is 0.645. The Morgan fingerprint density at radius 2 is 1.24 bits per heavy atom. The third-order valence-corrected chi connectivity index (χ3v) is 3.34. The Hall–Kier alpha value is -2.00. The highest BCUT2D eigenvalue weighted by Crippen LogP contribution is 2.14. The van der Waals surface area contributed by atoms with Crippen molar-refractivity contribution in [1.82, 2.24) is 0 Å². The normalized spacial score (nSPS) is 10.4. The molecular formula is C18H22O3. The summed E-state index contributed by atoms with van der Waals surface area (Å²) >= 11 is 0. The highest BCUT2D eigenvalue weighted by Gasteiger charge is 1.97. The van der Waals surface area contributed by atoms with E-state index in [-0.39, 0.29) is 0 Å². The van der Waals surface area contributed by atoms with Crippen LogP contribution in [0.4, 0.5) is 0 Å². The van der Waals surface area contributed by atoms with Gasteiger partial charge in [0.2, 0.25) is 0 Å². The second kappa shape index (κ2) is 8.32. The fourth-order valence-corrected chi connectivity index (χ4v) is 2.08. The lowest BCUT2D eigenvalue weighted by atomic mass is 10.1. The Kier molecular flexibility index (Phi) is 6.10. The van der Waals surface area contributed by atoms with E-state index in [1.165, 1.54) is 11.1 Å². The molecule has 0 saturated heterocycles. The first-order valence-electron chi connectivity index (χ1n) is 7.15. The molecule has 0 aliphatic carbocycles. The molecule has 0 aliphatic heterocycles. The molecule has 0 aromatic heterocycles. The molecule has 3 nitrogen and oxygen atoms in total. The highest BCUT2D eigenvalue weighted by atomic mass is 16.5. The molecule has 2 aromatic rings. The Balaban J connectivity index is 1.64. The van der Waals surface area contributed by atoms with E-state index in [4.69, 9.17) is 14.2 Å². The summed E-state index contributed by atoms with van der Waals surface area (Å²) < 4.78 is 16.0. The van der Waals surface area contributed by atoms with Gasteiger partial charge in [0.1, 0.15) is 11.5 Å². The molecular weight excluding hydrogens is 264 g/mol. The van der Waals surface area contributed by atoms with Gasteiger partial charge in [0.25, 0.3) is 0 Å². The lowest BCUT2D eigenvalue weighted by Gasteiger charge is -2.06. The first kappa shape index (κ1) is 15.4. The van der Waals surface area contributed by atoms with Gasteiger partial charge >= 0.3 is 0 Å². The monoisotopic (exact) mass is 286 g/mol. The third kappa shape index (κ3) is 5.12. The van der Waals surface area contributed by atoms with Crippen molar-refractivity contribution in [1.29, 1.82) is 0 Å². The van der Waals surface area contributed by atoms with E-state index in [2.05, 4.69) is 12.1 Å². The molecule has 0 heterocycles. The smallest absolute Gasteiger partial charge is 0.118 e. The Morgan fingerprint density at radius 3 is 1.76 bits per heavy atom. The SMILES string of the molecule is COc1ccc(CCCOCc2ccc(OC)cc2)cc1. The average Bonchev–Trinajstić information content (AvgIpc) is 2.55.